The van der Waals surface area contributed by atoms with Gasteiger partial charge in [-0.1, -0.05) is 36.4 Å². The number of methoxy groups -OCH3 is 2. The minimum atomic E-state index is -0.414. The van der Waals surface area contributed by atoms with Crippen LogP contribution in [0.4, 0.5) is 5.69 Å². The minimum absolute atomic E-state index is 0.163. The number of carbonyl (C=O) groups is 2. The average Bonchev–Trinajstić information content (AvgIpc) is 2.82. The molecule has 7 nitrogen and oxygen atoms in total. The molecule has 0 unspecified atom stereocenters. The first-order valence-electron chi connectivity index (χ1n) is 10.1. The zero-order valence-electron chi connectivity index (χ0n) is 18.1. The summed E-state index contributed by atoms with van der Waals surface area (Å²) in [5, 5.41) is 2.91. The Morgan fingerprint density at radius 2 is 1.75 bits per heavy atom. The van der Waals surface area contributed by atoms with Crippen LogP contribution in [0.5, 0.6) is 11.5 Å². The highest BCUT2D eigenvalue weighted by molar-refractivity contribution is 5.98. The van der Waals surface area contributed by atoms with Gasteiger partial charge in [-0.15, -0.1) is 0 Å². The van der Waals surface area contributed by atoms with Gasteiger partial charge < -0.3 is 25.3 Å². The Kier molecular flexibility index (Phi) is 7.83. The molecule has 1 amide bonds. The summed E-state index contributed by atoms with van der Waals surface area (Å²) < 4.78 is 15.8. The fraction of sp³-hybridized carbons (Fsp3) is 0.200. The predicted octanol–water partition coefficient (Wildman–Crippen LogP) is 3.67. The maximum Gasteiger partial charge on any atom is 0.338 e. The van der Waals surface area contributed by atoms with Crippen molar-refractivity contribution in [3.63, 3.8) is 0 Å². The quantitative estimate of drug-likeness (QED) is 0.499. The molecule has 3 aromatic carbocycles. The summed E-state index contributed by atoms with van der Waals surface area (Å²) in [5.74, 6) is 0.535. The second-order valence-corrected chi connectivity index (χ2v) is 6.97. The fourth-order valence-corrected chi connectivity index (χ4v) is 3.29. The summed E-state index contributed by atoms with van der Waals surface area (Å²) in [4.78, 5) is 24.7. The maximum absolute atomic E-state index is 12.6. The molecular weight excluding hydrogens is 408 g/mol. The zero-order chi connectivity index (χ0) is 22.9. The lowest BCUT2D eigenvalue weighted by Gasteiger charge is -2.12. The Morgan fingerprint density at radius 1 is 0.938 bits per heavy atom. The number of esters is 1. The van der Waals surface area contributed by atoms with E-state index in [1.807, 2.05) is 36.4 Å². The molecule has 0 bridgehead atoms. The third-order valence-corrected chi connectivity index (χ3v) is 4.76. The van der Waals surface area contributed by atoms with Crippen molar-refractivity contribution in [1.82, 2.24) is 0 Å². The Hall–Kier alpha value is -3.84. The van der Waals surface area contributed by atoms with Crippen molar-refractivity contribution in [2.24, 2.45) is 5.73 Å². The van der Waals surface area contributed by atoms with Crippen LogP contribution in [0.1, 0.15) is 15.9 Å². The van der Waals surface area contributed by atoms with Gasteiger partial charge in [0, 0.05) is 12.2 Å². The van der Waals surface area contributed by atoms with Gasteiger partial charge in [0.25, 0.3) is 0 Å². The number of anilines is 1. The second kappa shape index (κ2) is 11.0. The summed E-state index contributed by atoms with van der Waals surface area (Å²) >= 11 is 0. The van der Waals surface area contributed by atoms with Gasteiger partial charge in [-0.2, -0.15) is 0 Å². The van der Waals surface area contributed by atoms with E-state index in [1.165, 1.54) is 7.11 Å². The number of carbonyl (C=O) groups excluding carboxylic acids is 2. The van der Waals surface area contributed by atoms with Crippen LogP contribution in [0.25, 0.3) is 11.1 Å². The summed E-state index contributed by atoms with van der Waals surface area (Å²) in [6.07, 6.45) is 0.163. The Balaban J connectivity index is 1.74. The maximum atomic E-state index is 12.6. The van der Waals surface area contributed by atoms with Gasteiger partial charge >= 0.3 is 5.97 Å². The molecule has 3 rings (SSSR count). The molecule has 0 aliphatic heterocycles. The Morgan fingerprint density at radius 3 is 2.50 bits per heavy atom. The summed E-state index contributed by atoms with van der Waals surface area (Å²) in [6, 6.07) is 19.9. The van der Waals surface area contributed by atoms with Crippen molar-refractivity contribution in [2.45, 2.75) is 6.42 Å². The fourth-order valence-electron chi connectivity index (χ4n) is 3.29. The Bertz CT molecular complexity index is 1100. The molecule has 0 saturated carbocycles. The van der Waals surface area contributed by atoms with Crippen LogP contribution >= 0.6 is 0 Å². The van der Waals surface area contributed by atoms with Gasteiger partial charge in [-0.05, 0) is 47.0 Å². The Labute approximate surface area is 187 Å². The third-order valence-electron chi connectivity index (χ3n) is 4.76. The van der Waals surface area contributed by atoms with Crippen LogP contribution in [-0.2, 0) is 16.0 Å². The highest BCUT2D eigenvalue weighted by atomic mass is 16.5. The molecule has 0 atom stereocenters. The van der Waals surface area contributed by atoms with Crippen LogP contribution in [-0.4, -0.2) is 39.2 Å². The van der Waals surface area contributed by atoms with Gasteiger partial charge in [0.2, 0.25) is 5.91 Å². The predicted molar refractivity (Wildman–Crippen MR) is 123 cm³/mol. The van der Waals surface area contributed by atoms with Gasteiger partial charge in [0.1, 0.15) is 6.61 Å². The van der Waals surface area contributed by atoms with Crippen molar-refractivity contribution in [3.8, 4) is 22.6 Å². The summed E-state index contributed by atoms with van der Waals surface area (Å²) in [5.41, 5.74) is 8.87. The van der Waals surface area contributed by atoms with Gasteiger partial charge in [0.15, 0.2) is 11.5 Å². The molecule has 32 heavy (non-hydrogen) atoms. The lowest BCUT2D eigenvalue weighted by Crippen LogP contribution is -2.15. The average molecular weight is 434 g/mol. The third kappa shape index (κ3) is 5.65. The van der Waals surface area contributed by atoms with Crippen LogP contribution in [0, 0.1) is 0 Å². The largest absolute Gasteiger partial charge is 0.493 e. The van der Waals surface area contributed by atoms with E-state index in [-0.39, 0.29) is 12.3 Å². The molecule has 166 valence electrons. The number of rotatable bonds is 9. The first-order valence-corrected chi connectivity index (χ1v) is 10.1. The monoisotopic (exact) mass is 434 g/mol. The lowest BCUT2D eigenvalue weighted by atomic mass is 9.99. The van der Waals surface area contributed by atoms with Crippen LogP contribution in [0.2, 0.25) is 0 Å². The van der Waals surface area contributed by atoms with Crippen LogP contribution in [0.3, 0.4) is 0 Å². The first-order chi connectivity index (χ1) is 15.5. The van der Waals surface area contributed by atoms with Crippen molar-refractivity contribution >= 4 is 17.6 Å². The highest BCUT2D eigenvalue weighted by Gasteiger charge is 2.14. The van der Waals surface area contributed by atoms with E-state index < -0.39 is 5.97 Å². The number of nitrogens with one attached hydrogen (secondary N) is 1. The van der Waals surface area contributed by atoms with E-state index in [9.17, 15) is 9.59 Å². The van der Waals surface area contributed by atoms with Gasteiger partial charge in [0.05, 0.1) is 26.2 Å². The van der Waals surface area contributed by atoms with E-state index in [0.717, 1.165) is 16.7 Å². The number of ether oxygens (including phenoxy) is 3. The molecule has 0 saturated heterocycles. The molecule has 0 aliphatic rings. The number of benzene rings is 3. The molecule has 0 radical (unpaired) electrons. The van der Waals surface area contributed by atoms with Crippen LogP contribution < -0.4 is 20.5 Å². The summed E-state index contributed by atoms with van der Waals surface area (Å²) in [7, 11) is 2.90. The first kappa shape index (κ1) is 22.8. The lowest BCUT2D eigenvalue weighted by molar-refractivity contribution is -0.115. The van der Waals surface area contributed by atoms with E-state index >= 15 is 0 Å². The van der Waals surface area contributed by atoms with Gasteiger partial charge in [-0.3, -0.25) is 4.79 Å². The number of amides is 1. The van der Waals surface area contributed by atoms with Crippen LogP contribution in [0.15, 0.2) is 66.7 Å². The minimum Gasteiger partial charge on any atom is -0.493 e. The molecule has 0 aromatic heterocycles. The van der Waals surface area contributed by atoms with E-state index in [0.29, 0.717) is 35.9 Å². The molecule has 3 aromatic rings. The molecule has 0 spiro atoms. The smallest absolute Gasteiger partial charge is 0.338 e. The van der Waals surface area contributed by atoms with E-state index in [2.05, 4.69) is 5.32 Å². The van der Waals surface area contributed by atoms with Crippen molar-refractivity contribution in [3.05, 3.63) is 77.9 Å². The normalized spacial score (nSPS) is 10.3. The molecule has 7 heteroatoms. The molecule has 0 aliphatic carbocycles. The van der Waals surface area contributed by atoms with Crippen molar-refractivity contribution < 1.29 is 23.8 Å². The highest BCUT2D eigenvalue weighted by Crippen LogP contribution is 2.29. The number of nitrogens with two attached hydrogens (primary N) is 1. The van der Waals surface area contributed by atoms with E-state index in [1.54, 1.807) is 37.4 Å². The molecule has 0 fully saturated rings. The van der Waals surface area contributed by atoms with Gasteiger partial charge in [-0.25, -0.2) is 4.79 Å². The standard InChI is InChI=1S/C25H26N2O5/c1-30-23-14-17(10-11-22(23)32-13-12-26)15-24(28)27-19-7-5-6-18(16-19)20-8-3-4-9-21(20)25(29)31-2/h3-11,14,16H,12-13,15,26H2,1-2H3,(H,27,28). The molecule has 3 N–H and O–H groups in total. The second-order valence-electron chi connectivity index (χ2n) is 6.97. The number of hydrogen-bond donors (Lipinski definition) is 2. The van der Waals surface area contributed by atoms with Crippen molar-refractivity contribution in [2.75, 3.05) is 32.7 Å². The summed E-state index contributed by atoms with van der Waals surface area (Å²) in [6.45, 7) is 0.780. The zero-order valence-corrected chi connectivity index (χ0v) is 18.1. The van der Waals surface area contributed by atoms with Crippen molar-refractivity contribution in [1.29, 1.82) is 0 Å². The SMILES string of the molecule is COC(=O)c1ccccc1-c1cccc(NC(=O)Cc2ccc(OCCN)c(OC)c2)c1. The molecular formula is C25H26N2O5. The molecule has 0 heterocycles. The van der Waals surface area contributed by atoms with E-state index in [4.69, 9.17) is 19.9 Å². The number of hydrogen-bond acceptors (Lipinski definition) is 6. The topological polar surface area (TPSA) is 99.9 Å².